The molecule has 0 aliphatic heterocycles. The molecule has 0 aliphatic carbocycles. The third-order valence-electron chi connectivity index (χ3n) is 6.38. The highest BCUT2D eigenvalue weighted by Crippen LogP contribution is 2.36. The van der Waals surface area contributed by atoms with E-state index in [1.54, 1.807) is 55.5 Å². The van der Waals surface area contributed by atoms with Crippen molar-refractivity contribution in [2.45, 2.75) is 17.1 Å². The van der Waals surface area contributed by atoms with Crippen LogP contribution in [0.4, 0.5) is 10.7 Å². The fraction of sp³-hybridized carbons (Fsp3) is 0.0588. The molecule has 0 radical (unpaired) electrons. The maximum absolute atomic E-state index is 13.3. The molecule has 2 aromatic heterocycles. The number of carbonyl (C=O) groups is 3. The number of rotatable bonds is 10. The van der Waals surface area contributed by atoms with Gasteiger partial charge in [-0.3, -0.25) is 14.4 Å². The third-order valence-corrected chi connectivity index (χ3v) is 9.07. The van der Waals surface area contributed by atoms with Gasteiger partial charge >= 0.3 is 0 Å². The van der Waals surface area contributed by atoms with Crippen LogP contribution < -0.4 is 16.0 Å². The number of hydrogen-bond acceptors (Lipinski definition) is 7. The van der Waals surface area contributed by atoms with Crippen molar-refractivity contribution in [2.75, 3.05) is 10.6 Å². The molecule has 2 heterocycles. The second kappa shape index (κ2) is 14.5. The Hall–Kier alpha value is -4.95. The van der Waals surface area contributed by atoms with E-state index in [-0.39, 0.29) is 11.6 Å². The van der Waals surface area contributed by atoms with Crippen LogP contribution in [-0.4, -0.2) is 23.0 Å². The molecule has 3 N–H and O–H groups in total. The summed E-state index contributed by atoms with van der Waals surface area (Å²) in [6, 6.07) is 29.5. The first-order valence-electron chi connectivity index (χ1n) is 13.5. The first kappa shape index (κ1) is 30.5. The molecule has 5 aromatic rings. The SMILES string of the molecule is CC(Sc1cccc(NC(=O)/C(=C/c2ccsc2)NC(=O)c2ccccc2)c1)C(=O)Nc1scc(-c2ccccc2)c1C#N. The summed E-state index contributed by atoms with van der Waals surface area (Å²) in [7, 11) is 0. The molecule has 0 saturated heterocycles. The number of thioether (sulfide) groups is 1. The van der Waals surface area contributed by atoms with Gasteiger partial charge in [-0.25, -0.2) is 0 Å². The highest BCUT2D eigenvalue weighted by Gasteiger charge is 2.20. The predicted octanol–water partition coefficient (Wildman–Crippen LogP) is 7.88. The summed E-state index contributed by atoms with van der Waals surface area (Å²) >= 11 is 4.13. The Morgan fingerprint density at radius 1 is 0.909 bits per heavy atom. The number of nitrogens with zero attached hydrogens (tertiary/aromatic N) is 1. The van der Waals surface area contributed by atoms with Crippen LogP contribution in [0.3, 0.4) is 0 Å². The summed E-state index contributed by atoms with van der Waals surface area (Å²) in [4.78, 5) is 40.0. The van der Waals surface area contributed by atoms with Crippen LogP contribution in [0.2, 0.25) is 0 Å². The number of hydrogen-bond donors (Lipinski definition) is 3. The Kier molecular flexibility index (Phi) is 10.0. The highest BCUT2D eigenvalue weighted by molar-refractivity contribution is 8.00. The maximum atomic E-state index is 13.3. The zero-order valence-corrected chi connectivity index (χ0v) is 25.9. The molecular weight excluding hydrogens is 609 g/mol. The zero-order chi connectivity index (χ0) is 30.9. The smallest absolute Gasteiger partial charge is 0.272 e. The summed E-state index contributed by atoms with van der Waals surface area (Å²) in [5.74, 6) is -1.12. The summed E-state index contributed by atoms with van der Waals surface area (Å²) < 4.78 is 0. The van der Waals surface area contributed by atoms with Crippen molar-refractivity contribution in [3.8, 4) is 17.2 Å². The second-order valence-corrected chi connectivity index (χ2v) is 12.6. The minimum Gasteiger partial charge on any atom is -0.321 e. The monoisotopic (exact) mass is 634 g/mol. The molecule has 5 rings (SSSR count). The lowest BCUT2D eigenvalue weighted by atomic mass is 10.1. The topological polar surface area (TPSA) is 111 Å². The fourth-order valence-electron chi connectivity index (χ4n) is 4.17. The largest absolute Gasteiger partial charge is 0.321 e. The average molecular weight is 635 g/mol. The van der Waals surface area contributed by atoms with Gasteiger partial charge in [-0.1, -0.05) is 54.6 Å². The number of benzene rings is 3. The Bertz CT molecular complexity index is 1840. The lowest BCUT2D eigenvalue weighted by molar-refractivity contribution is -0.115. The van der Waals surface area contributed by atoms with Gasteiger partial charge in [0.05, 0.1) is 10.8 Å². The van der Waals surface area contributed by atoms with Gasteiger partial charge in [-0.05, 0) is 71.3 Å². The number of amides is 3. The molecule has 3 amide bonds. The van der Waals surface area contributed by atoms with Gasteiger partial charge in [-0.2, -0.15) is 16.6 Å². The third kappa shape index (κ3) is 7.71. The molecule has 1 atom stereocenters. The van der Waals surface area contributed by atoms with E-state index >= 15 is 0 Å². The van der Waals surface area contributed by atoms with Gasteiger partial charge in [0.2, 0.25) is 5.91 Å². The minimum atomic E-state index is -0.492. The van der Waals surface area contributed by atoms with Crippen LogP contribution >= 0.6 is 34.4 Å². The van der Waals surface area contributed by atoms with Crippen molar-refractivity contribution >= 4 is 68.9 Å². The van der Waals surface area contributed by atoms with E-state index in [1.165, 1.54) is 34.4 Å². The molecule has 7 nitrogen and oxygen atoms in total. The van der Waals surface area contributed by atoms with E-state index in [1.807, 2.05) is 64.7 Å². The number of anilines is 2. The standard InChI is InChI=1S/C34H26N4O3S3/c1-22(31(39)38-34-28(19-35)29(21-43-34)24-9-4-2-5-10-24)44-27-14-8-13-26(18-27)36-33(41)30(17-23-15-16-42-20-23)37-32(40)25-11-6-3-7-12-25/h2-18,20-22H,1H3,(H,36,41)(H,37,40)(H,38,39)/b30-17-. The van der Waals surface area contributed by atoms with Crippen molar-refractivity contribution in [1.29, 1.82) is 5.26 Å². The van der Waals surface area contributed by atoms with Crippen molar-refractivity contribution in [1.82, 2.24) is 5.32 Å². The van der Waals surface area contributed by atoms with Gasteiger partial charge < -0.3 is 16.0 Å². The molecule has 0 bridgehead atoms. The van der Waals surface area contributed by atoms with Gasteiger partial charge in [0.25, 0.3) is 11.8 Å². The Balaban J connectivity index is 1.26. The van der Waals surface area contributed by atoms with Gasteiger partial charge in [0.15, 0.2) is 0 Å². The molecule has 218 valence electrons. The lowest BCUT2D eigenvalue weighted by Crippen LogP contribution is -2.30. The highest BCUT2D eigenvalue weighted by atomic mass is 32.2. The van der Waals surface area contributed by atoms with E-state index in [9.17, 15) is 19.6 Å². The molecule has 0 aliphatic rings. The second-order valence-electron chi connectivity index (χ2n) is 9.50. The lowest BCUT2D eigenvalue weighted by Gasteiger charge is -2.14. The average Bonchev–Trinajstić information content (AvgIpc) is 3.71. The molecule has 10 heteroatoms. The zero-order valence-electron chi connectivity index (χ0n) is 23.4. The van der Waals surface area contributed by atoms with Crippen molar-refractivity contribution in [3.05, 3.63) is 130 Å². The molecule has 1 unspecified atom stereocenters. The Morgan fingerprint density at radius 2 is 1.66 bits per heavy atom. The van der Waals surface area contributed by atoms with E-state index < -0.39 is 17.1 Å². The molecule has 0 spiro atoms. The molecule has 0 saturated carbocycles. The fourth-order valence-corrected chi connectivity index (χ4v) is 6.64. The Morgan fingerprint density at radius 3 is 2.36 bits per heavy atom. The van der Waals surface area contributed by atoms with Crippen LogP contribution in [0.5, 0.6) is 0 Å². The predicted molar refractivity (Wildman–Crippen MR) is 180 cm³/mol. The summed E-state index contributed by atoms with van der Waals surface area (Å²) in [5, 5.41) is 23.9. The van der Waals surface area contributed by atoms with Crippen LogP contribution in [0.15, 0.2) is 118 Å². The number of carbonyl (C=O) groups excluding carboxylic acids is 3. The Labute approximate surface area is 267 Å². The van der Waals surface area contributed by atoms with Crippen LogP contribution in [0, 0.1) is 11.3 Å². The van der Waals surface area contributed by atoms with Crippen LogP contribution in [0.25, 0.3) is 17.2 Å². The van der Waals surface area contributed by atoms with Crippen molar-refractivity contribution in [2.24, 2.45) is 0 Å². The van der Waals surface area contributed by atoms with Gasteiger partial charge in [0, 0.05) is 27.1 Å². The number of nitriles is 1. The summed E-state index contributed by atoms with van der Waals surface area (Å²) in [6.45, 7) is 1.78. The maximum Gasteiger partial charge on any atom is 0.272 e. The summed E-state index contributed by atoms with van der Waals surface area (Å²) in [5.41, 5.74) is 3.96. The van der Waals surface area contributed by atoms with Crippen molar-refractivity contribution < 1.29 is 14.4 Å². The molecular formula is C34H26N4O3S3. The first-order chi connectivity index (χ1) is 21.4. The van der Waals surface area contributed by atoms with E-state index in [2.05, 4.69) is 22.0 Å². The molecule has 44 heavy (non-hydrogen) atoms. The van der Waals surface area contributed by atoms with Gasteiger partial charge in [0.1, 0.15) is 16.8 Å². The van der Waals surface area contributed by atoms with Crippen LogP contribution in [0.1, 0.15) is 28.4 Å². The number of nitrogens with one attached hydrogen (secondary N) is 3. The van der Waals surface area contributed by atoms with Crippen molar-refractivity contribution in [3.63, 3.8) is 0 Å². The quantitative estimate of drug-likeness (QED) is 0.107. The van der Waals surface area contributed by atoms with E-state index in [0.29, 0.717) is 21.8 Å². The first-order valence-corrected chi connectivity index (χ1v) is 16.2. The van der Waals surface area contributed by atoms with E-state index in [4.69, 9.17) is 0 Å². The van der Waals surface area contributed by atoms with Gasteiger partial charge in [-0.15, -0.1) is 23.1 Å². The molecule has 0 fully saturated rings. The van der Waals surface area contributed by atoms with E-state index in [0.717, 1.165) is 21.6 Å². The minimum absolute atomic E-state index is 0.0992. The number of thiophene rings is 2. The normalized spacial score (nSPS) is 11.7. The van der Waals surface area contributed by atoms with Crippen LogP contribution in [-0.2, 0) is 9.59 Å². The summed E-state index contributed by atoms with van der Waals surface area (Å²) in [6.07, 6.45) is 1.63. The molecule has 3 aromatic carbocycles.